The summed E-state index contributed by atoms with van der Waals surface area (Å²) in [6.45, 7) is 1.56. The van der Waals surface area contributed by atoms with Crippen molar-refractivity contribution in [3.63, 3.8) is 0 Å². The monoisotopic (exact) mass is 474 g/mol. The molecule has 1 aliphatic rings. The third-order valence-corrected chi connectivity index (χ3v) is 6.06. The summed E-state index contributed by atoms with van der Waals surface area (Å²) in [5.74, 6) is -1.91. The number of aliphatic carboxylic acids is 1. The molecule has 35 heavy (non-hydrogen) atoms. The summed E-state index contributed by atoms with van der Waals surface area (Å²) in [6.07, 6.45) is -0.737. The van der Waals surface area contributed by atoms with E-state index in [1.54, 1.807) is 12.1 Å². The first-order valence-electron chi connectivity index (χ1n) is 11.3. The number of carboxylic acid groups (broad SMARTS) is 1. The Hall–Kier alpha value is -4.33. The normalized spacial score (nSPS) is 13.7. The van der Waals surface area contributed by atoms with Crippen molar-refractivity contribution in [3.05, 3.63) is 89.5 Å². The SMILES string of the molecule is C[C@@H](NC(=O)OCC1c2ccccc2-c2ccccc21)C(=O)N[C@H](Cc1ccc(O)cc1)C(=O)O. The van der Waals surface area contributed by atoms with Crippen LogP contribution in [0.1, 0.15) is 29.5 Å². The average molecular weight is 475 g/mol. The molecule has 8 heteroatoms. The Labute approximate surface area is 202 Å². The van der Waals surface area contributed by atoms with Crippen LogP contribution >= 0.6 is 0 Å². The van der Waals surface area contributed by atoms with Gasteiger partial charge in [0, 0.05) is 12.3 Å². The van der Waals surface area contributed by atoms with Crippen molar-refractivity contribution < 1.29 is 29.3 Å². The smallest absolute Gasteiger partial charge is 0.407 e. The second kappa shape index (κ2) is 10.3. The summed E-state index contributed by atoms with van der Waals surface area (Å²) in [5.41, 5.74) is 5.00. The largest absolute Gasteiger partial charge is 0.508 e. The van der Waals surface area contributed by atoms with Gasteiger partial charge in [-0.3, -0.25) is 4.79 Å². The first kappa shape index (κ1) is 23.8. The molecular formula is C27H26N2O6. The van der Waals surface area contributed by atoms with Gasteiger partial charge in [-0.05, 0) is 46.9 Å². The molecule has 2 amide bonds. The molecule has 0 fully saturated rings. The molecule has 0 spiro atoms. The van der Waals surface area contributed by atoms with Crippen LogP contribution in [0.4, 0.5) is 4.79 Å². The van der Waals surface area contributed by atoms with Crippen molar-refractivity contribution in [3.8, 4) is 16.9 Å². The van der Waals surface area contributed by atoms with E-state index in [1.165, 1.54) is 19.1 Å². The molecule has 2 atom stereocenters. The molecule has 0 radical (unpaired) electrons. The number of fused-ring (bicyclic) bond motifs is 3. The highest BCUT2D eigenvalue weighted by Gasteiger charge is 2.30. The summed E-state index contributed by atoms with van der Waals surface area (Å²) < 4.78 is 5.45. The number of ether oxygens (including phenoxy) is 1. The van der Waals surface area contributed by atoms with Crippen molar-refractivity contribution in [1.82, 2.24) is 10.6 Å². The Morgan fingerprint density at radius 1 is 0.886 bits per heavy atom. The molecule has 0 aliphatic heterocycles. The van der Waals surface area contributed by atoms with Crippen molar-refractivity contribution in [1.29, 1.82) is 0 Å². The molecule has 0 saturated carbocycles. The van der Waals surface area contributed by atoms with E-state index in [0.29, 0.717) is 5.56 Å². The van der Waals surface area contributed by atoms with Crippen LogP contribution in [0.15, 0.2) is 72.8 Å². The number of carbonyl (C=O) groups is 3. The highest BCUT2D eigenvalue weighted by molar-refractivity contribution is 5.89. The predicted molar refractivity (Wildman–Crippen MR) is 129 cm³/mol. The summed E-state index contributed by atoms with van der Waals surface area (Å²) in [7, 11) is 0. The van der Waals surface area contributed by atoms with E-state index in [0.717, 1.165) is 22.3 Å². The number of carboxylic acids is 1. The fraction of sp³-hybridized carbons (Fsp3) is 0.222. The van der Waals surface area contributed by atoms with Gasteiger partial charge in [0.2, 0.25) is 5.91 Å². The Morgan fingerprint density at radius 3 is 2.03 bits per heavy atom. The van der Waals surface area contributed by atoms with Crippen molar-refractivity contribution in [2.75, 3.05) is 6.61 Å². The zero-order valence-corrected chi connectivity index (χ0v) is 19.1. The maximum absolute atomic E-state index is 12.5. The zero-order chi connectivity index (χ0) is 24.9. The van der Waals surface area contributed by atoms with Gasteiger partial charge in [0.15, 0.2) is 0 Å². The highest BCUT2D eigenvalue weighted by atomic mass is 16.5. The molecule has 8 nitrogen and oxygen atoms in total. The summed E-state index contributed by atoms with van der Waals surface area (Å²) in [4.78, 5) is 36.6. The maximum atomic E-state index is 12.5. The van der Waals surface area contributed by atoms with Gasteiger partial charge in [-0.25, -0.2) is 9.59 Å². The number of carbonyl (C=O) groups excluding carboxylic acids is 2. The van der Waals surface area contributed by atoms with Gasteiger partial charge < -0.3 is 25.6 Å². The lowest BCUT2D eigenvalue weighted by Crippen LogP contribution is -2.51. The molecule has 0 aromatic heterocycles. The van der Waals surface area contributed by atoms with Gasteiger partial charge in [0.1, 0.15) is 24.4 Å². The number of nitrogens with one attached hydrogen (secondary N) is 2. The molecule has 4 N–H and O–H groups in total. The number of hydrogen-bond acceptors (Lipinski definition) is 5. The lowest BCUT2D eigenvalue weighted by Gasteiger charge is -2.19. The fourth-order valence-corrected chi connectivity index (χ4v) is 4.25. The van der Waals surface area contributed by atoms with Gasteiger partial charge in [-0.1, -0.05) is 60.7 Å². The molecule has 0 heterocycles. The molecule has 0 saturated heterocycles. The molecule has 4 rings (SSSR count). The van der Waals surface area contributed by atoms with E-state index >= 15 is 0 Å². The van der Waals surface area contributed by atoms with Gasteiger partial charge in [0.05, 0.1) is 0 Å². The minimum absolute atomic E-state index is 0.0268. The third kappa shape index (κ3) is 5.43. The standard InChI is InChI=1S/C27H26N2O6/c1-16(25(31)29-24(26(32)33)14-17-10-12-18(30)13-11-17)28-27(34)35-15-23-21-8-4-2-6-19(21)20-7-3-5-9-22(20)23/h2-13,16,23-24,30H,14-15H2,1H3,(H,28,34)(H,29,31)(H,32,33)/t16-,24-/m1/s1. The van der Waals surface area contributed by atoms with Gasteiger partial charge in [0.25, 0.3) is 0 Å². The second-order valence-corrected chi connectivity index (χ2v) is 8.46. The highest BCUT2D eigenvalue weighted by Crippen LogP contribution is 2.44. The van der Waals surface area contributed by atoms with E-state index in [9.17, 15) is 24.6 Å². The number of phenols is 1. The first-order valence-corrected chi connectivity index (χ1v) is 11.3. The van der Waals surface area contributed by atoms with Crippen LogP contribution in [0.5, 0.6) is 5.75 Å². The topological polar surface area (TPSA) is 125 Å². The van der Waals surface area contributed by atoms with E-state index in [2.05, 4.69) is 10.6 Å². The fourth-order valence-electron chi connectivity index (χ4n) is 4.25. The lowest BCUT2D eigenvalue weighted by molar-refractivity contribution is -0.142. The number of rotatable bonds is 8. The Kier molecular flexibility index (Phi) is 7.01. The summed E-state index contributed by atoms with van der Waals surface area (Å²) >= 11 is 0. The van der Waals surface area contributed by atoms with Crippen LogP contribution in [-0.4, -0.2) is 46.9 Å². The Morgan fingerprint density at radius 2 is 1.46 bits per heavy atom. The number of alkyl carbamates (subject to hydrolysis) is 1. The van der Waals surface area contributed by atoms with E-state index in [1.807, 2.05) is 48.5 Å². The van der Waals surface area contributed by atoms with Crippen LogP contribution in [0, 0.1) is 0 Å². The molecule has 1 aliphatic carbocycles. The molecule has 0 bridgehead atoms. The number of hydrogen-bond donors (Lipinski definition) is 4. The molecule has 0 unspecified atom stereocenters. The van der Waals surface area contributed by atoms with E-state index < -0.39 is 30.1 Å². The van der Waals surface area contributed by atoms with Gasteiger partial charge in [-0.2, -0.15) is 0 Å². The van der Waals surface area contributed by atoms with Gasteiger partial charge >= 0.3 is 12.1 Å². The average Bonchev–Trinajstić information content (AvgIpc) is 3.17. The van der Waals surface area contributed by atoms with Crippen LogP contribution in [0.25, 0.3) is 11.1 Å². The van der Waals surface area contributed by atoms with Crippen LogP contribution in [0.2, 0.25) is 0 Å². The zero-order valence-electron chi connectivity index (χ0n) is 19.1. The second-order valence-electron chi connectivity index (χ2n) is 8.46. The number of phenolic OH excluding ortho intramolecular Hbond substituents is 1. The van der Waals surface area contributed by atoms with E-state index in [-0.39, 0.29) is 24.7 Å². The minimum atomic E-state index is -1.21. The van der Waals surface area contributed by atoms with Crippen molar-refractivity contribution in [2.24, 2.45) is 0 Å². The van der Waals surface area contributed by atoms with Crippen molar-refractivity contribution >= 4 is 18.0 Å². The number of benzene rings is 3. The number of amides is 2. The van der Waals surface area contributed by atoms with Gasteiger partial charge in [-0.15, -0.1) is 0 Å². The van der Waals surface area contributed by atoms with Crippen LogP contribution < -0.4 is 10.6 Å². The van der Waals surface area contributed by atoms with Crippen LogP contribution in [0.3, 0.4) is 0 Å². The van der Waals surface area contributed by atoms with Crippen molar-refractivity contribution in [2.45, 2.75) is 31.3 Å². The Bertz CT molecular complexity index is 1190. The van der Waals surface area contributed by atoms with Crippen LogP contribution in [-0.2, 0) is 20.7 Å². The lowest BCUT2D eigenvalue weighted by atomic mass is 9.98. The predicted octanol–water partition coefficient (Wildman–Crippen LogP) is 3.43. The number of aromatic hydroxyl groups is 1. The summed E-state index contributed by atoms with van der Waals surface area (Å²) in [6, 6.07) is 19.8. The summed E-state index contributed by atoms with van der Waals surface area (Å²) in [5, 5.41) is 23.8. The quantitative estimate of drug-likeness (QED) is 0.396. The third-order valence-electron chi connectivity index (χ3n) is 6.06. The van der Waals surface area contributed by atoms with E-state index in [4.69, 9.17) is 4.74 Å². The molecule has 3 aromatic carbocycles. The Balaban J connectivity index is 1.33. The minimum Gasteiger partial charge on any atom is -0.508 e. The molecular weight excluding hydrogens is 448 g/mol. The molecule has 3 aromatic rings. The molecule has 180 valence electrons. The first-order chi connectivity index (χ1) is 16.8. The maximum Gasteiger partial charge on any atom is 0.407 e.